The van der Waals surface area contributed by atoms with E-state index < -0.39 is 0 Å². The highest BCUT2D eigenvalue weighted by Crippen LogP contribution is 2.11. The average molecular weight is 285 g/mol. The Balaban J connectivity index is 1.95. The number of benzene rings is 1. The second kappa shape index (κ2) is 8.01. The summed E-state index contributed by atoms with van der Waals surface area (Å²) in [5, 5.41) is 6.01. The maximum Gasteiger partial charge on any atom is 0.255 e. The van der Waals surface area contributed by atoms with Gasteiger partial charge in [0.15, 0.2) is 0 Å². The molecule has 110 valence electrons. The van der Waals surface area contributed by atoms with Gasteiger partial charge >= 0.3 is 0 Å². The van der Waals surface area contributed by atoms with Crippen LogP contribution in [0.15, 0.2) is 48.7 Å². The molecule has 0 saturated heterocycles. The second-order valence-corrected chi connectivity index (χ2v) is 4.52. The summed E-state index contributed by atoms with van der Waals surface area (Å²) in [6, 6.07) is 12.8. The van der Waals surface area contributed by atoms with Gasteiger partial charge in [-0.3, -0.25) is 4.79 Å². The van der Waals surface area contributed by atoms with Gasteiger partial charge in [-0.1, -0.05) is 18.2 Å². The van der Waals surface area contributed by atoms with Crippen molar-refractivity contribution in [1.29, 1.82) is 0 Å². The quantitative estimate of drug-likeness (QED) is 0.768. The van der Waals surface area contributed by atoms with Crippen molar-refractivity contribution in [3.8, 4) is 0 Å². The van der Waals surface area contributed by atoms with Gasteiger partial charge in [0.2, 0.25) is 0 Å². The van der Waals surface area contributed by atoms with Crippen LogP contribution in [-0.2, 0) is 4.74 Å². The van der Waals surface area contributed by atoms with Gasteiger partial charge in [0.05, 0.1) is 0 Å². The molecule has 0 aliphatic heterocycles. The number of rotatable bonds is 7. The van der Waals surface area contributed by atoms with Crippen LogP contribution in [0.5, 0.6) is 0 Å². The number of carbonyl (C=O) groups excluding carboxylic acids is 1. The van der Waals surface area contributed by atoms with Gasteiger partial charge in [-0.15, -0.1) is 0 Å². The zero-order chi connectivity index (χ0) is 14.9. The Morgan fingerprint density at radius 3 is 2.81 bits per heavy atom. The van der Waals surface area contributed by atoms with E-state index in [0.717, 1.165) is 18.7 Å². The fraction of sp³-hybridized carbons (Fsp3) is 0.250. The van der Waals surface area contributed by atoms with Gasteiger partial charge in [0, 0.05) is 37.7 Å². The van der Waals surface area contributed by atoms with Gasteiger partial charge in [-0.05, 0) is 30.7 Å². The van der Waals surface area contributed by atoms with Crippen molar-refractivity contribution >= 4 is 17.4 Å². The van der Waals surface area contributed by atoms with Gasteiger partial charge in [-0.2, -0.15) is 0 Å². The summed E-state index contributed by atoms with van der Waals surface area (Å²) in [6.07, 6.45) is 2.51. The van der Waals surface area contributed by atoms with Gasteiger partial charge in [0.1, 0.15) is 5.82 Å². The van der Waals surface area contributed by atoms with Crippen LogP contribution in [0, 0.1) is 0 Å². The first-order valence-corrected chi connectivity index (χ1v) is 6.85. The zero-order valence-corrected chi connectivity index (χ0v) is 12.0. The number of para-hydroxylation sites is 1. The first kappa shape index (κ1) is 15.0. The molecule has 0 bridgehead atoms. The molecule has 2 aromatic rings. The van der Waals surface area contributed by atoms with E-state index in [1.54, 1.807) is 25.4 Å². The van der Waals surface area contributed by atoms with Gasteiger partial charge in [0.25, 0.3) is 5.91 Å². The van der Waals surface area contributed by atoms with Crippen molar-refractivity contribution in [1.82, 2.24) is 4.98 Å². The number of carbonyl (C=O) groups is 1. The van der Waals surface area contributed by atoms with Crippen molar-refractivity contribution in [2.24, 2.45) is 0 Å². The highest BCUT2D eigenvalue weighted by atomic mass is 16.5. The number of aromatic nitrogens is 1. The molecule has 0 fully saturated rings. The third kappa shape index (κ3) is 4.89. The molecule has 1 heterocycles. The van der Waals surface area contributed by atoms with Gasteiger partial charge < -0.3 is 15.4 Å². The van der Waals surface area contributed by atoms with Crippen molar-refractivity contribution in [3.05, 3.63) is 54.2 Å². The molecule has 1 aromatic carbocycles. The number of nitrogens with one attached hydrogen (secondary N) is 2. The summed E-state index contributed by atoms with van der Waals surface area (Å²) >= 11 is 0. The maximum absolute atomic E-state index is 12.2. The smallest absolute Gasteiger partial charge is 0.255 e. The van der Waals surface area contributed by atoms with E-state index in [0.29, 0.717) is 18.0 Å². The monoisotopic (exact) mass is 285 g/mol. The molecule has 0 spiro atoms. The predicted molar refractivity (Wildman–Crippen MR) is 83.6 cm³/mol. The van der Waals surface area contributed by atoms with Crippen LogP contribution < -0.4 is 10.6 Å². The minimum atomic E-state index is -0.149. The Morgan fingerprint density at radius 1 is 1.24 bits per heavy atom. The molecule has 2 N–H and O–H groups in total. The minimum Gasteiger partial charge on any atom is -0.385 e. The lowest BCUT2D eigenvalue weighted by Crippen LogP contribution is -2.13. The Morgan fingerprint density at radius 2 is 2.05 bits per heavy atom. The number of hydrogen-bond donors (Lipinski definition) is 2. The molecule has 2 rings (SSSR count). The molecular formula is C16H19N3O2. The lowest BCUT2D eigenvalue weighted by atomic mass is 10.2. The third-order valence-electron chi connectivity index (χ3n) is 2.89. The van der Waals surface area contributed by atoms with E-state index in [1.165, 1.54) is 0 Å². The van der Waals surface area contributed by atoms with Crippen molar-refractivity contribution in [3.63, 3.8) is 0 Å². The van der Waals surface area contributed by atoms with Crippen molar-refractivity contribution < 1.29 is 9.53 Å². The Hall–Kier alpha value is -2.40. The lowest BCUT2D eigenvalue weighted by Gasteiger charge is -2.08. The van der Waals surface area contributed by atoms with E-state index in [9.17, 15) is 4.79 Å². The van der Waals surface area contributed by atoms with E-state index in [2.05, 4.69) is 15.6 Å². The Bertz CT molecular complexity index is 573. The van der Waals surface area contributed by atoms with E-state index >= 15 is 0 Å². The molecular weight excluding hydrogens is 266 g/mol. The molecule has 0 aliphatic rings. The van der Waals surface area contributed by atoms with Crippen LogP contribution in [0.4, 0.5) is 11.5 Å². The maximum atomic E-state index is 12.2. The molecule has 5 nitrogen and oxygen atoms in total. The highest BCUT2D eigenvalue weighted by molar-refractivity contribution is 6.04. The van der Waals surface area contributed by atoms with E-state index in [1.807, 2.05) is 30.3 Å². The van der Waals surface area contributed by atoms with Crippen LogP contribution >= 0.6 is 0 Å². The summed E-state index contributed by atoms with van der Waals surface area (Å²) in [7, 11) is 1.67. The molecule has 1 aromatic heterocycles. The lowest BCUT2D eigenvalue weighted by molar-refractivity contribution is 0.102. The molecule has 0 unspecified atom stereocenters. The summed E-state index contributed by atoms with van der Waals surface area (Å²) in [5.74, 6) is 0.537. The third-order valence-corrected chi connectivity index (χ3v) is 2.89. The van der Waals surface area contributed by atoms with Crippen LogP contribution in [-0.4, -0.2) is 31.2 Å². The summed E-state index contributed by atoms with van der Waals surface area (Å²) in [5.41, 5.74) is 1.34. The number of anilines is 2. The molecule has 0 saturated carbocycles. The number of hydrogen-bond acceptors (Lipinski definition) is 4. The normalized spacial score (nSPS) is 10.1. The average Bonchev–Trinajstić information content (AvgIpc) is 2.53. The molecule has 0 aliphatic carbocycles. The fourth-order valence-electron chi connectivity index (χ4n) is 1.83. The van der Waals surface area contributed by atoms with Crippen LogP contribution in [0.3, 0.4) is 0 Å². The zero-order valence-electron chi connectivity index (χ0n) is 12.0. The minimum absolute atomic E-state index is 0.149. The number of amides is 1. The first-order chi connectivity index (χ1) is 10.3. The second-order valence-electron chi connectivity index (χ2n) is 4.52. The van der Waals surface area contributed by atoms with E-state index in [4.69, 9.17) is 4.74 Å². The van der Waals surface area contributed by atoms with Crippen LogP contribution in [0.1, 0.15) is 16.8 Å². The SMILES string of the molecule is COCCCNc1cc(C(=O)Nc2ccccc2)ccn1. The largest absolute Gasteiger partial charge is 0.385 e. The number of methoxy groups -OCH3 is 1. The predicted octanol–water partition coefficient (Wildman–Crippen LogP) is 2.78. The van der Waals surface area contributed by atoms with Crippen LogP contribution in [0.25, 0.3) is 0 Å². The van der Waals surface area contributed by atoms with Crippen LogP contribution in [0.2, 0.25) is 0 Å². The number of nitrogens with zero attached hydrogens (tertiary/aromatic N) is 1. The number of pyridine rings is 1. The fourth-order valence-corrected chi connectivity index (χ4v) is 1.83. The van der Waals surface area contributed by atoms with Crippen molar-refractivity contribution in [2.75, 3.05) is 30.9 Å². The topological polar surface area (TPSA) is 63.2 Å². The molecule has 1 amide bonds. The standard InChI is InChI=1S/C16H19N3O2/c1-21-11-5-9-17-15-12-13(8-10-18-15)16(20)19-14-6-3-2-4-7-14/h2-4,6-8,10,12H,5,9,11H2,1H3,(H,17,18)(H,19,20). The van der Waals surface area contributed by atoms with Gasteiger partial charge in [-0.25, -0.2) is 4.98 Å². The molecule has 5 heteroatoms. The summed E-state index contributed by atoms with van der Waals surface area (Å²) in [4.78, 5) is 16.4. The highest BCUT2D eigenvalue weighted by Gasteiger charge is 2.07. The Labute approximate surface area is 124 Å². The summed E-state index contributed by atoms with van der Waals surface area (Å²) in [6.45, 7) is 1.45. The molecule has 0 radical (unpaired) electrons. The van der Waals surface area contributed by atoms with Crippen molar-refractivity contribution in [2.45, 2.75) is 6.42 Å². The summed E-state index contributed by atoms with van der Waals surface area (Å²) < 4.78 is 4.98. The molecule has 21 heavy (non-hydrogen) atoms. The first-order valence-electron chi connectivity index (χ1n) is 6.85. The number of ether oxygens (including phenoxy) is 1. The molecule has 0 atom stereocenters. The van der Waals surface area contributed by atoms with E-state index in [-0.39, 0.29) is 5.91 Å². The Kier molecular flexibility index (Phi) is 5.72.